The van der Waals surface area contributed by atoms with Crippen molar-refractivity contribution >= 4 is 5.91 Å². The van der Waals surface area contributed by atoms with E-state index < -0.39 is 0 Å². The van der Waals surface area contributed by atoms with Crippen molar-refractivity contribution in [1.82, 2.24) is 4.90 Å². The summed E-state index contributed by atoms with van der Waals surface area (Å²) in [5.74, 6) is 0.290. The van der Waals surface area contributed by atoms with E-state index in [0.29, 0.717) is 18.4 Å². The first kappa shape index (κ1) is 14.1. The van der Waals surface area contributed by atoms with Crippen LogP contribution in [-0.2, 0) is 11.2 Å². The Hall–Kier alpha value is -1.31. The summed E-state index contributed by atoms with van der Waals surface area (Å²) in [7, 11) is 0. The molecule has 1 saturated carbocycles. The van der Waals surface area contributed by atoms with Crippen molar-refractivity contribution in [2.45, 2.75) is 58.4 Å². The SMILES string of the molecule is CCN(C(=O)Cc1ccc(C)cc1)C1CCCCC1. The van der Waals surface area contributed by atoms with Gasteiger partial charge in [-0.15, -0.1) is 0 Å². The van der Waals surface area contributed by atoms with Crippen molar-refractivity contribution < 1.29 is 4.79 Å². The minimum atomic E-state index is 0.290. The molecule has 2 heteroatoms. The molecule has 1 aliphatic carbocycles. The van der Waals surface area contributed by atoms with Crippen LogP contribution in [0.3, 0.4) is 0 Å². The van der Waals surface area contributed by atoms with Crippen molar-refractivity contribution in [3.63, 3.8) is 0 Å². The lowest BCUT2D eigenvalue weighted by molar-refractivity contribution is -0.133. The van der Waals surface area contributed by atoms with Crippen LogP contribution in [0, 0.1) is 6.92 Å². The largest absolute Gasteiger partial charge is 0.340 e. The third-order valence-electron chi connectivity index (χ3n) is 4.15. The first-order valence-corrected chi connectivity index (χ1v) is 7.55. The highest BCUT2D eigenvalue weighted by Gasteiger charge is 2.23. The summed E-state index contributed by atoms with van der Waals surface area (Å²) in [4.78, 5) is 14.6. The molecule has 2 rings (SSSR count). The van der Waals surface area contributed by atoms with Gasteiger partial charge < -0.3 is 4.90 Å². The predicted molar refractivity (Wildman–Crippen MR) is 79.1 cm³/mol. The Bertz CT molecular complexity index is 404. The fourth-order valence-corrected chi connectivity index (χ4v) is 3.01. The highest BCUT2D eigenvalue weighted by molar-refractivity contribution is 5.79. The molecule has 0 heterocycles. The molecule has 1 aromatic carbocycles. The minimum Gasteiger partial charge on any atom is -0.340 e. The molecule has 1 aliphatic rings. The van der Waals surface area contributed by atoms with Gasteiger partial charge in [0.15, 0.2) is 0 Å². The van der Waals surface area contributed by atoms with E-state index in [4.69, 9.17) is 0 Å². The van der Waals surface area contributed by atoms with Crippen molar-refractivity contribution in [2.75, 3.05) is 6.54 Å². The number of hydrogen-bond donors (Lipinski definition) is 0. The fraction of sp³-hybridized carbons (Fsp3) is 0.588. The molecule has 1 fully saturated rings. The maximum absolute atomic E-state index is 12.5. The Morgan fingerprint density at radius 3 is 2.37 bits per heavy atom. The molecule has 0 unspecified atom stereocenters. The lowest BCUT2D eigenvalue weighted by atomic mass is 9.93. The predicted octanol–water partition coefficient (Wildman–Crippen LogP) is 3.72. The third-order valence-corrected chi connectivity index (χ3v) is 4.15. The van der Waals surface area contributed by atoms with Crippen molar-refractivity contribution in [3.8, 4) is 0 Å². The highest BCUT2D eigenvalue weighted by atomic mass is 16.2. The fourth-order valence-electron chi connectivity index (χ4n) is 3.01. The average Bonchev–Trinajstić information content (AvgIpc) is 2.43. The zero-order valence-electron chi connectivity index (χ0n) is 12.2. The standard InChI is InChI=1S/C17H25NO/c1-3-18(16-7-5-4-6-8-16)17(19)13-15-11-9-14(2)10-12-15/h9-12,16H,3-8,13H2,1-2H3. The van der Waals surface area contributed by atoms with Crippen molar-refractivity contribution in [1.29, 1.82) is 0 Å². The molecule has 0 aliphatic heterocycles. The van der Waals surface area contributed by atoms with E-state index in [9.17, 15) is 4.79 Å². The van der Waals surface area contributed by atoms with Gasteiger partial charge in [0.05, 0.1) is 6.42 Å². The van der Waals surface area contributed by atoms with Gasteiger partial charge in [-0.1, -0.05) is 49.1 Å². The summed E-state index contributed by atoms with van der Waals surface area (Å²) >= 11 is 0. The molecule has 0 saturated heterocycles. The van der Waals surface area contributed by atoms with Gasteiger partial charge >= 0.3 is 0 Å². The zero-order chi connectivity index (χ0) is 13.7. The van der Waals surface area contributed by atoms with Crippen molar-refractivity contribution in [3.05, 3.63) is 35.4 Å². The second kappa shape index (κ2) is 6.74. The van der Waals surface area contributed by atoms with Crippen LogP contribution in [0.2, 0.25) is 0 Å². The van der Waals surface area contributed by atoms with E-state index in [1.54, 1.807) is 0 Å². The maximum atomic E-state index is 12.5. The van der Waals surface area contributed by atoms with Crippen LogP contribution in [-0.4, -0.2) is 23.4 Å². The second-order valence-electron chi connectivity index (χ2n) is 5.63. The molecule has 0 spiro atoms. The van der Waals surface area contributed by atoms with Gasteiger partial charge in [-0.25, -0.2) is 0 Å². The average molecular weight is 259 g/mol. The van der Waals surface area contributed by atoms with E-state index in [-0.39, 0.29) is 0 Å². The molecule has 0 bridgehead atoms. The normalized spacial score (nSPS) is 16.3. The van der Waals surface area contributed by atoms with Gasteiger partial charge in [0.2, 0.25) is 5.91 Å². The molecule has 0 atom stereocenters. The molecular formula is C17H25NO. The van der Waals surface area contributed by atoms with Crippen LogP contribution in [0.1, 0.15) is 50.2 Å². The Morgan fingerprint density at radius 2 is 1.79 bits per heavy atom. The third kappa shape index (κ3) is 3.82. The molecule has 0 radical (unpaired) electrons. The van der Waals surface area contributed by atoms with Gasteiger partial charge in [-0.3, -0.25) is 4.79 Å². The minimum absolute atomic E-state index is 0.290. The van der Waals surface area contributed by atoms with Gasteiger partial charge in [0, 0.05) is 12.6 Å². The molecule has 19 heavy (non-hydrogen) atoms. The monoisotopic (exact) mass is 259 g/mol. The molecule has 0 N–H and O–H groups in total. The molecular weight excluding hydrogens is 234 g/mol. The summed E-state index contributed by atoms with van der Waals surface area (Å²) in [6.07, 6.45) is 6.81. The smallest absolute Gasteiger partial charge is 0.227 e. The van der Waals surface area contributed by atoms with E-state index in [1.165, 1.54) is 37.7 Å². The number of hydrogen-bond acceptors (Lipinski definition) is 1. The number of nitrogens with zero attached hydrogens (tertiary/aromatic N) is 1. The first-order valence-electron chi connectivity index (χ1n) is 7.55. The number of carbonyl (C=O) groups is 1. The van der Waals surface area contributed by atoms with Gasteiger partial charge in [-0.05, 0) is 32.3 Å². The number of benzene rings is 1. The van der Waals surface area contributed by atoms with Crippen LogP contribution in [0.25, 0.3) is 0 Å². The van der Waals surface area contributed by atoms with Crippen LogP contribution in [0.15, 0.2) is 24.3 Å². The van der Waals surface area contributed by atoms with E-state index in [0.717, 1.165) is 12.1 Å². The van der Waals surface area contributed by atoms with E-state index in [1.807, 2.05) is 0 Å². The lowest BCUT2D eigenvalue weighted by Crippen LogP contribution is -2.42. The topological polar surface area (TPSA) is 20.3 Å². The van der Waals surface area contributed by atoms with Gasteiger partial charge in [-0.2, -0.15) is 0 Å². The first-order chi connectivity index (χ1) is 9.20. The summed E-state index contributed by atoms with van der Waals surface area (Å²) in [5.41, 5.74) is 2.38. The zero-order valence-corrected chi connectivity index (χ0v) is 12.2. The molecule has 2 nitrogen and oxygen atoms in total. The van der Waals surface area contributed by atoms with E-state index in [2.05, 4.69) is 43.0 Å². The quantitative estimate of drug-likeness (QED) is 0.807. The Morgan fingerprint density at radius 1 is 1.16 bits per heavy atom. The summed E-state index contributed by atoms with van der Waals surface area (Å²) < 4.78 is 0. The molecule has 104 valence electrons. The van der Waals surface area contributed by atoms with Gasteiger partial charge in [0.1, 0.15) is 0 Å². The number of likely N-dealkylation sites (N-methyl/N-ethyl adjacent to an activating group) is 1. The van der Waals surface area contributed by atoms with Crippen molar-refractivity contribution in [2.24, 2.45) is 0 Å². The number of aryl methyl sites for hydroxylation is 1. The summed E-state index contributed by atoms with van der Waals surface area (Å²) in [5, 5.41) is 0. The van der Waals surface area contributed by atoms with Crippen LogP contribution in [0.4, 0.5) is 0 Å². The summed E-state index contributed by atoms with van der Waals surface area (Å²) in [6, 6.07) is 8.79. The molecule has 1 aromatic rings. The number of amides is 1. The van der Waals surface area contributed by atoms with Crippen LogP contribution >= 0.6 is 0 Å². The second-order valence-corrected chi connectivity index (χ2v) is 5.63. The van der Waals surface area contributed by atoms with Crippen LogP contribution in [0.5, 0.6) is 0 Å². The Balaban J connectivity index is 1.97. The Kier molecular flexibility index (Phi) is 5.00. The number of rotatable bonds is 4. The maximum Gasteiger partial charge on any atom is 0.227 e. The summed E-state index contributed by atoms with van der Waals surface area (Å²) in [6.45, 7) is 5.02. The Labute approximate surface area is 116 Å². The molecule has 0 aromatic heterocycles. The lowest BCUT2D eigenvalue weighted by Gasteiger charge is -2.33. The molecule has 1 amide bonds. The highest BCUT2D eigenvalue weighted by Crippen LogP contribution is 2.23. The number of carbonyl (C=O) groups excluding carboxylic acids is 1. The van der Waals surface area contributed by atoms with E-state index >= 15 is 0 Å². The van der Waals surface area contributed by atoms with Crippen LogP contribution < -0.4 is 0 Å². The van der Waals surface area contributed by atoms with Gasteiger partial charge in [0.25, 0.3) is 0 Å².